The van der Waals surface area contributed by atoms with Crippen molar-refractivity contribution >= 4 is 5.91 Å². The Hall–Kier alpha value is -3.67. The molecule has 1 aliphatic rings. The number of aliphatic hydroxyl groups excluding tert-OH is 5. The van der Waals surface area contributed by atoms with Crippen molar-refractivity contribution in [3.8, 4) is 0 Å². The molecule has 0 aromatic heterocycles. The zero-order chi connectivity index (χ0) is 50.8. The molecule has 7 atom stereocenters. The van der Waals surface area contributed by atoms with Gasteiger partial charge in [0.25, 0.3) is 0 Å². The number of carbonyl (C=O) groups is 1. The van der Waals surface area contributed by atoms with E-state index in [0.29, 0.717) is 19.3 Å². The number of allylic oxidation sites excluding steroid dienone is 21. The molecule has 1 rings (SSSR count). The predicted molar refractivity (Wildman–Crippen MR) is 294 cm³/mol. The fourth-order valence-corrected chi connectivity index (χ4v) is 7.61. The maximum absolute atomic E-state index is 13.0. The van der Waals surface area contributed by atoms with Crippen molar-refractivity contribution in [1.82, 2.24) is 5.32 Å². The average molecular weight is 974 g/mol. The lowest BCUT2D eigenvalue weighted by Gasteiger charge is -2.40. The minimum Gasteiger partial charge on any atom is -0.394 e. The molecule has 1 heterocycles. The van der Waals surface area contributed by atoms with Crippen LogP contribution in [0.5, 0.6) is 0 Å². The summed E-state index contributed by atoms with van der Waals surface area (Å²) in [5, 5.41) is 54.4. The molecule has 0 saturated carbocycles. The Morgan fingerprint density at radius 1 is 0.500 bits per heavy atom. The van der Waals surface area contributed by atoms with Gasteiger partial charge in [0.15, 0.2) is 6.29 Å². The van der Waals surface area contributed by atoms with Gasteiger partial charge in [-0.25, -0.2) is 0 Å². The largest absolute Gasteiger partial charge is 0.394 e. The maximum atomic E-state index is 13.0. The number of ether oxygens (including phenoxy) is 2. The van der Waals surface area contributed by atoms with Crippen LogP contribution in [0.15, 0.2) is 134 Å². The molecule has 0 radical (unpaired) electrons. The van der Waals surface area contributed by atoms with Gasteiger partial charge in [0.05, 0.1) is 25.4 Å². The number of hydrogen-bond acceptors (Lipinski definition) is 8. The van der Waals surface area contributed by atoms with Gasteiger partial charge in [0.1, 0.15) is 24.4 Å². The van der Waals surface area contributed by atoms with Gasteiger partial charge >= 0.3 is 0 Å². The second-order valence-corrected chi connectivity index (χ2v) is 18.3. The molecule has 1 aliphatic heterocycles. The minimum absolute atomic E-state index is 0.222. The van der Waals surface area contributed by atoms with E-state index < -0.39 is 49.5 Å². The monoisotopic (exact) mass is 974 g/mol. The van der Waals surface area contributed by atoms with Crippen molar-refractivity contribution in [1.29, 1.82) is 0 Å². The molecule has 1 amide bonds. The lowest BCUT2D eigenvalue weighted by Crippen LogP contribution is -2.60. The Balaban J connectivity index is 2.33. The predicted octanol–water partition coefficient (Wildman–Crippen LogP) is 13.3. The van der Waals surface area contributed by atoms with Gasteiger partial charge in [-0.3, -0.25) is 4.79 Å². The first-order valence-corrected chi connectivity index (χ1v) is 27.4. The smallest absolute Gasteiger partial charge is 0.220 e. The summed E-state index contributed by atoms with van der Waals surface area (Å²) >= 11 is 0. The van der Waals surface area contributed by atoms with Crippen molar-refractivity contribution in [2.75, 3.05) is 13.2 Å². The molecule has 1 saturated heterocycles. The summed E-state index contributed by atoms with van der Waals surface area (Å²) < 4.78 is 11.2. The molecule has 0 aromatic rings. The Bertz CT molecular complexity index is 1550. The molecule has 0 spiro atoms. The van der Waals surface area contributed by atoms with Crippen LogP contribution >= 0.6 is 0 Å². The third-order valence-electron chi connectivity index (χ3n) is 11.9. The van der Waals surface area contributed by atoms with Crippen molar-refractivity contribution in [2.24, 2.45) is 0 Å². The van der Waals surface area contributed by atoms with Crippen LogP contribution in [-0.2, 0) is 14.3 Å². The number of amides is 1. The number of aliphatic hydroxyl groups is 5. The van der Waals surface area contributed by atoms with Crippen LogP contribution in [-0.4, -0.2) is 87.5 Å². The molecule has 70 heavy (non-hydrogen) atoms. The van der Waals surface area contributed by atoms with Crippen molar-refractivity contribution < 1.29 is 39.8 Å². The normalized spacial score (nSPS) is 20.5. The van der Waals surface area contributed by atoms with E-state index in [1.165, 1.54) is 51.4 Å². The first-order valence-electron chi connectivity index (χ1n) is 27.4. The van der Waals surface area contributed by atoms with Crippen LogP contribution in [0.3, 0.4) is 0 Å². The van der Waals surface area contributed by atoms with Crippen molar-refractivity contribution in [2.45, 2.75) is 230 Å². The molecule has 0 bridgehead atoms. The van der Waals surface area contributed by atoms with E-state index in [1.807, 2.05) is 6.08 Å². The Kier molecular flexibility index (Phi) is 45.0. The van der Waals surface area contributed by atoms with E-state index in [9.17, 15) is 30.3 Å². The van der Waals surface area contributed by atoms with Gasteiger partial charge in [-0.15, -0.1) is 0 Å². The highest BCUT2D eigenvalue weighted by Crippen LogP contribution is 2.22. The SMILES string of the molecule is CC/C=C\C/C=C\C/C=C\C/C=C\C/C=C\C/C=C\C/C=C\C/C=C\CCCCCCC(=O)NC(COC1OC(CO)C(O)C(O)C1O)C(O)/C=C/CC/C=C/CC/C=C/CCCCCCCCCC. The molecule has 1 fully saturated rings. The Morgan fingerprint density at radius 3 is 1.37 bits per heavy atom. The molecule has 7 unspecified atom stereocenters. The van der Waals surface area contributed by atoms with Crippen LogP contribution in [0.25, 0.3) is 0 Å². The molecule has 9 nitrogen and oxygen atoms in total. The summed E-state index contributed by atoms with van der Waals surface area (Å²) in [4.78, 5) is 13.0. The standard InChI is InChI=1S/C61H99NO8/c1-3-5-7-9-11-13-15-17-19-21-23-24-25-26-27-28-29-30-31-32-33-35-37-39-41-43-45-47-49-51-57(65)62-54(53-69-61-60(68)59(67)58(66)56(52-63)70-61)55(64)50-48-46-44-42-40-38-36-34-22-20-18-16-14-12-10-8-6-4-2/h5,7,11,13,17,19,22-24,26-27,29-30,32-34,37,39-40,42,48,50,54-56,58-61,63-64,66-68H,3-4,6,8-10,12,14-16,18,20-21,25,28,31,35-36,38,41,43-47,49,51-53H2,1-2H3,(H,62,65)/b7-5-,13-11-,19-17-,24-23-,27-26-,30-29-,33-32-,34-22+,39-37-,42-40+,50-48+. The van der Waals surface area contributed by atoms with E-state index >= 15 is 0 Å². The Morgan fingerprint density at radius 2 is 0.900 bits per heavy atom. The fraction of sp³-hybridized carbons (Fsp3) is 0.623. The van der Waals surface area contributed by atoms with Gasteiger partial charge in [-0.2, -0.15) is 0 Å². The van der Waals surface area contributed by atoms with Gasteiger partial charge in [-0.1, -0.05) is 205 Å². The lowest BCUT2D eigenvalue weighted by molar-refractivity contribution is -0.302. The highest BCUT2D eigenvalue weighted by molar-refractivity contribution is 5.76. The van der Waals surface area contributed by atoms with E-state index in [1.54, 1.807) is 6.08 Å². The minimum atomic E-state index is -1.59. The summed E-state index contributed by atoms with van der Waals surface area (Å²) in [5.74, 6) is -0.222. The average Bonchev–Trinajstić information content (AvgIpc) is 3.36. The summed E-state index contributed by atoms with van der Waals surface area (Å²) in [6, 6.07) is -0.853. The second kappa shape index (κ2) is 48.9. The van der Waals surface area contributed by atoms with E-state index in [-0.39, 0.29) is 12.5 Å². The molecule has 0 aromatic carbocycles. The fourth-order valence-electron chi connectivity index (χ4n) is 7.61. The van der Waals surface area contributed by atoms with E-state index in [2.05, 4.69) is 141 Å². The molecular weight excluding hydrogens is 875 g/mol. The Labute approximate surface area is 426 Å². The van der Waals surface area contributed by atoms with Crippen LogP contribution < -0.4 is 5.32 Å². The number of carbonyl (C=O) groups excluding carboxylic acids is 1. The molecule has 9 heteroatoms. The summed E-state index contributed by atoms with van der Waals surface area (Å²) in [6.45, 7) is 3.60. The number of unbranched alkanes of at least 4 members (excludes halogenated alkanes) is 14. The quantitative estimate of drug-likeness (QED) is 0.0261. The third-order valence-corrected chi connectivity index (χ3v) is 11.9. The summed E-state index contributed by atoms with van der Waals surface area (Å²) in [5.41, 5.74) is 0. The lowest BCUT2D eigenvalue weighted by atomic mass is 9.99. The highest BCUT2D eigenvalue weighted by atomic mass is 16.7. The summed E-state index contributed by atoms with van der Waals surface area (Å²) in [6.07, 6.45) is 67.8. The van der Waals surface area contributed by atoms with Crippen LogP contribution in [0.2, 0.25) is 0 Å². The number of rotatable bonds is 44. The van der Waals surface area contributed by atoms with E-state index in [0.717, 1.165) is 103 Å². The van der Waals surface area contributed by atoms with Crippen molar-refractivity contribution in [3.05, 3.63) is 134 Å². The topological polar surface area (TPSA) is 149 Å². The molecule has 0 aliphatic carbocycles. The molecule has 396 valence electrons. The van der Waals surface area contributed by atoms with Crippen LogP contribution in [0.4, 0.5) is 0 Å². The number of hydrogen-bond donors (Lipinski definition) is 6. The molecule has 6 N–H and O–H groups in total. The van der Waals surface area contributed by atoms with Crippen molar-refractivity contribution in [3.63, 3.8) is 0 Å². The summed E-state index contributed by atoms with van der Waals surface area (Å²) in [7, 11) is 0. The van der Waals surface area contributed by atoms with Gasteiger partial charge < -0.3 is 40.3 Å². The molecular formula is C61H99NO8. The zero-order valence-corrected chi connectivity index (χ0v) is 43.7. The third kappa shape index (κ3) is 38.1. The zero-order valence-electron chi connectivity index (χ0n) is 43.7. The first kappa shape index (κ1) is 64.3. The van der Waals surface area contributed by atoms with E-state index in [4.69, 9.17) is 9.47 Å². The maximum Gasteiger partial charge on any atom is 0.220 e. The van der Waals surface area contributed by atoms with Gasteiger partial charge in [-0.05, 0) is 109 Å². The van der Waals surface area contributed by atoms with Gasteiger partial charge in [0, 0.05) is 6.42 Å². The van der Waals surface area contributed by atoms with Crippen LogP contribution in [0, 0.1) is 0 Å². The highest BCUT2D eigenvalue weighted by Gasteiger charge is 2.44. The van der Waals surface area contributed by atoms with Crippen LogP contribution in [0.1, 0.15) is 187 Å². The number of nitrogens with one attached hydrogen (secondary N) is 1. The first-order chi connectivity index (χ1) is 34.3. The van der Waals surface area contributed by atoms with Gasteiger partial charge in [0.2, 0.25) is 5.91 Å². The second-order valence-electron chi connectivity index (χ2n) is 18.3.